The van der Waals surface area contributed by atoms with Crippen molar-refractivity contribution in [1.82, 2.24) is 10.3 Å². The van der Waals surface area contributed by atoms with Gasteiger partial charge in [0.15, 0.2) is 5.13 Å². The molecule has 0 bridgehead atoms. The molecule has 3 rings (SSSR count). The summed E-state index contributed by atoms with van der Waals surface area (Å²) in [7, 11) is 0. The summed E-state index contributed by atoms with van der Waals surface area (Å²) in [6.07, 6.45) is 2.58. The fourth-order valence-corrected chi connectivity index (χ4v) is 3.58. The van der Waals surface area contributed by atoms with Crippen LogP contribution in [-0.4, -0.2) is 52.7 Å². The predicted molar refractivity (Wildman–Crippen MR) is 85.4 cm³/mol. The molecule has 1 aliphatic heterocycles. The summed E-state index contributed by atoms with van der Waals surface area (Å²) in [5.41, 5.74) is 0.337. The molecule has 23 heavy (non-hydrogen) atoms. The largest absolute Gasteiger partial charge is 0.391 e. The van der Waals surface area contributed by atoms with Crippen molar-refractivity contribution in [2.45, 2.75) is 37.8 Å². The van der Waals surface area contributed by atoms with Crippen LogP contribution >= 0.6 is 11.3 Å². The van der Waals surface area contributed by atoms with E-state index in [0.29, 0.717) is 37.5 Å². The Balaban J connectivity index is 1.51. The summed E-state index contributed by atoms with van der Waals surface area (Å²) in [6, 6.07) is -0.474. The summed E-state index contributed by atoms with van der Waals surface area (Å²) in [6.45, 7) is 1.42. The Morgan fingerprint density at radius 2 is 2.17 bits per heavy atom. The summed E-state index contributed by atoms with van der Waals surface area (Å²) in [5, 5.41) is 25.7. The zero-order valence-electron chi connectivity index (χ0n) is 12.7. The number of thiazole rings is 1. The van der Waals surface area contributed by atoms with E-state index in [0.717, 1.165) is 18.0 Å². The van der Waals surface area contributed by atoms with E-state index in [4.69, 9.17) is 0 Å². The number of carbonyl (C=O) groups is 1. The number of rotatable bonds is 6. The maximum absolute atomic E-state index is 12.0. The van der Waals surface area contributed by atoms with Crippen molar-refractivity contribution < 1.29 is 14.8 Å². The zero-order chi connectivity index (χ0) is 16.4. The van der Waals surface area contributed by atoms with E-state index < -0.39 is 12.1 Å². The van der Waals surface area contributed by atoms with Gasteiger partial charge in [-0.05, 0) is 18.8 Å². The SMILES string of the molecule is O=C(NCC(O)C1CC1)c1csc(N2CCC([N+](=O)[O-])CC2)n1. The molecule has 2 heterocycles. The second-order valence-electron chi connectivity index (χ2n) is 6.13. The Bertz CT molecular complexity index is 581. The molecule has 2 aliphatic rings. The van der Waals surface area contributed by atoms with Crippen LogP contribution in [0.2, 0.25) is 0 Å². The monoisotopic (exact) mass is 340 g/mol. The molecule has 1 saturated carbocycles. The van der Waals surface area contributed by atoms with Gasteiger partial charge >= 0.3 is 0 Å². The highest BCUT2D eigenvalue weighted by Gasteiger charge is 2.30. The molecule has 0 radical (unpaired) electrons. The van der Waals surface area contributed by atoms with E-state index in [1.54, 1.807) is 5.38 Å². The Morgan fingerprint density at radius 3 is 2.78 bits per heavy atom. The molecule has 1 aromatic rings. The highest BCUT2D eigenvalue weighted by Crippen LogP contribution is 2.32. The maximum Gasteiger partial charge on any atom is 0.270 e. The van der Waals surface area contributed by atoms with Gasteiger partial charge in [0.1, 0.15) is 5.69 Å². The van der Waals surface area contributed by atoms with Gasteiger partial charge in [0, 0.05) is 42.8 Å². The lowest BCUT2D eigenvalue weighted by molar-refractivity contribution is -0.524. The van der Waals surface area contributed by atoms with Crippen LogP contribution in [0, 0.1) is 16.0 Å². The van der Waals surface area contributed by atoms with Crippen LogP contribution in [0.4, 0.5) is 5.13 Å². The van der Waals surface area contributed by atoms with Crippen LogP contribution in [-0.2, 0) is 0 Å². The number of amides is 1. The van der Waals surface area contributed by atoms with Crippen LogP contribution in [0.1, 0.15) is 36.2 Å². The number of anilines is 1. The summed E-state index contributed by atoms with van der Waals surface area (Å²) < 4.78 is 0. The molecule has 0 spiro atoms. The third-order valence-corrected chi connectivity index (χ3v) is 5.30. The standard InChI is InChI=1S/C14H20N4O4S/c19-12(9-1-2-9)7-15-13(20)11-8-23-14(16-11)17-5-3-10(4-6-17)18(21)22/h8-10,12,19H,1-7H2,(H,15,20). The molecule has 1 aromatic heterocycles. The number of nitrogens with zero attached hydrogens (tertiary/aromatic N) is 3. The van der Waals surface area contributed by atoms with Crippen LogP contribution in [0.3, 0.4) is 0 Å². The number of nitro groups is 1. The van der Waals surface area contributed by atoms with Crippen molar-refractivity contribution in [2.24, 2.45) is 5.92 Å². The number of hydrogen-bond donors (Lipinski definition) is 2. The normalized spacial score (nSPS) is 20.3. The predicted octanol–water partition coefficient (Wildman–Crippen LogP) is 0.889. The third kappa shape index (κ3) is 3.97. The van der Waals surface area contributed by atoms with Gasteiger partial charge in [0.05, 0.1) is 6.10 Å². The van der Waals surface area contributed by atoms with Crippen LogP contribution < -0.4 is 10.2 Å². The molecule has 126 valence electrons. The van der Waals surface area contributed by atoms with Crippen LogP contribution in [0.15, 0.2) is 5.38 Å². The van der Waals surface area contributed by atoms with E-state index in [1.807, 2.05) is 4.90 Å². The molecule has 1 aliphatic carbocycles. The molecular formula is C14H20N4O4S. The van der Waals surface area contributed by atoms with Gasteiger partial charge in [0.2, 0.25) is 6.04 Å². The molecule has 0 aromatic carbocycles. The van der Waals surface area contributed by atoms with Crippen molar-refractivity contribution in [3.63, 3.8) is 0 Å². The molecule has 9 heteroatoms. The molecule has 1 saturated heterocycles. The van der Waals surface area contributed by atoms with Gasteiger partial charge in [0.25, 0.3) is 5.91 Å². The van der Waals surface area contributed by atoms with Gasteiger partial charge in [-0.2, -0.15) is 0 Å². The van der Waals surface area contributed by atoms with Gasteiger partial charge in [-0.25, -0.2) is 4.98 Å². The first-order valence-corrected chi connectivity index (χ1v) is 8.73. The average molecular weight is 340 g/mol. The number of piperidine rings is 1. The summed E-state index contributed by atoms with van der Waals surface area (Å²) >= 11 is 1.37. The molecule has 2 fully saturated rings. The smallest absolute Gasteiger partial charge is 0.270 e. The van der Waals surface area contributed by atoms with Gasteiger partial charge in [-0.3, -0.25) is 14.9 Å². The Kier molecular flexibility index (Phi) is 4.76. The molecule has 1 amide bonds. The van der Waals surface area contributed by atoms with Crippen LogP contribution in [0.5, 0.6) is 0 Å². The second-order valence-corrected chi connectivity index (χ2v) is 6.97. The van der Waals surface area contributed by atoms with E-state index in [1.165, 1.54) is 11.3 Å². The molecular weight excluding hydrogens is 320 g/mol. The number of aliphatic hydroxyl groups is 1. The number of carbonyl (C=O) groups excluding carboxylic acids is 1. The molecule has 2 N–H and O–H groups in total. The Labute approximate surface area is 137 Å². The minimum atomic E-state index is -0.474. The minimum Gasteiger partial charge on any atom is -0.391 e. The summed E-state index contributed by atoms with van der Waals surface area (Å²) in [4.78, 5) is 28.9. The van der Waals surface area contributed by atoms with Crippen LogP contribution in [0.25, 0.3) is 0 Å². The average Bonchev–Trinajstić information content (AvgIpc) is 3.29. The zero-order valence-corrected chi connectivity index (χ0v) is 13.5. The van der Waals surface area contributed by atoms with Crippen molar-refractivity contribution >= 4 is 22.4 Å². The summed E-state index contributed by atoms with van der Waals surface area (Å²) in [5.74, 6) is 0.0385. The lowest BCUT2D eigenvalue weighted by Gasteiger charge is -2.27. The van der Waals surface area contributed by atoms with Gasteiger partial charge in [-0.1, -0.05) is 0 Å². The number of aromatic nitrogens is 1. The molecule has 1 atom stereocenters. The van der Waals surface area contributed by atoms with E-state index in [9.17, 15) is 20.0 Å². The first kappa shape index (κ1) is 16.1. The molecule has 8 nitrogen and oxygen atoms in total. The quantitative estimate of drug-likeness (QED) is 0.588. The van der Waals surface area contributed by atoms with E-state index in [-0.39, 0.29) is 17.4 Å². The highest BCUT2D eigenvalue weighted by atomic mass is 32.1. The van der Waals surface area contributed by atoms with Crippen molar-refractivity contribution in [2.75, 3.05) is 24.5 Å². The lowest BCUT2D eigenvalue weighted by atomic mass is 10.1. The number of nitrogens with one attached hydrogen (secondary N) is 1. The van der Waals surface area contributed by atoms with E-state index in [2.05, 4.69) is 10.3 Å². The fraction of sp³-hybridized carbons (Fsp3) is 0.714. The first-order valence-electron chi connectivity index (χ1n) is 7.85. The fourth-order valence-electron chi connectivity index (χ4n) is 2.72. The van der Waals surface area contributed by atoms with Crippen molar-refractivity contribution in [3.8, 4) is 0 Å². The third-order valence-electron chi connectivity index (χ3n) is 4.40. The van der Waals surface area contributed by atoms with Crippen molar-refractivity contribution in [3.05, 3.63) is 21.2 Å². The highest BCUT2D eigenvalue weighted by molar-refractivity contribution is 7.13. The molecule has 1 unspecified atom stereocenters. The Morgan fingerprint density at radius 1 is 1.48 bits per heavy atom. The maximum atomic E-state index is 12.0. The number of hydrogen-bond acceptors (Lipinski definition) is 7. The van der Waals surface area contributed by atoms with Gasteiger partial charge in [-0.15, -0.1) is 11.3 Å². The van der Waals surface area contributed by atoms with Crippen molar-refractivity contribution in [1.29, 1.82) is 0 Å². The minimum absolute atomic E-state index is 0.219. The van der Waals surface area contributed by atoms with Gasteiger partial charge < -0.3 is 15.3 Å². The Hall–Kier alpha value is -1.74. The topological polar surface area (TPSA) is 109 Å². The first-order chi connectivity index (χ1) is 11.0. The second kappa shape index (κ2) is 6.79. The number of aliphatic hydroxyl groups excluding tert-OH is 1. The lowest BCUT2D eigenvalue weighted by Crippen LogP contribution is -2.39. The van der Waals surface area contributed by atoms with E-state index >= 15 is 0 Å².